The van der Waals surface area contributed by atoms with Crippen LogP contribution in [-0.2, 0) is 4.74 Å². The van der Waals surface area contributed by atoms with Crippen LogP contribution in [0.25, 0.3) is 11.3 Å². The lowest BCUT2D eigenvalue weighted by atomic mass is 10.1. The first-order valence-corrected chi connectivity index (χ1v) is 7.04. The van der Waals surface area contributed by atoms with Gasteiger partial charge >= 0.3 is 0 Å². The zero-order valence-electron chi connectivity index (χ0n) is 12.1. The third-order valence-electron chi connectivity index (χ3n) is 3.63. The van der Waals surface area contributed by atoms with Gasteiger partial charge in [-0.05, 0) is 24.3 Å². The van der Waals surface area contributed by atoms with Crippen LogP contribution in [0, 0.1) is 17.5 Å². The Bertz CT molecular complexity index is 723. The van der Waals surface area contributed by atoms with Crippen molar-refractivity contribution in [2.45, 2.75) is 0 Å². The van der Waals surface area contributed by atoms with E-state index in [0.717, 1.165) is 24.3 Å². The van der Waals surface area contributed by atoms with Gasteiger partial charge in [0.05, 0.1) is 18.8 Å². The van der Waals surface area contributed by atoms with Crippen LogP contribution in [0.1, 0.15) is 10.5 Å². The maximum Gasteiger partial charge on any atom is 0.168 e. The summed E-state index contributed by atoms with van der Waals surface area (Å²) in [5.74, 6) is -2.76. The third kappa shape index (κ3) is 3.05. The molecule has 0 saturated carbocycles. The number of rotatable bonds is 3. The van der Waals surface area contributed by atoms with Gasteiger partial charge in [-0.3, -0.25) is 4.79 Å². The Balaban J connectivity index is 2.05. The van der Waals surface area contributed by atoms with E-state index in [-0.39, 0.29) is 5.69 Å². The average molecular weight is 322 g/mol. The molecule has 1 aromatic carbocycles. The minimum Gasteiger partial charge on any atom is -0.378 e. The second-order valence-corrected chi connectivity index (χ2v) is 5.07. The molecule has 120 valence electrons. The van der Waals surface area contributed by atoms with Crippen LogP contribution in [-0.4, -0.2) is 37.6 Å². The number of pyridine rings is 1. The number of halogens is 3. The van der Waals surface area contributed by atoms with E-state index in [1.807, 2.05) is 0 Å². The molecule has 2 aromatic rings. The number of ether oxygens (including phenoxy) is 1. The van der Waals surface area contributed by atoms with Gasteiger partial charge in [-0.25, -0.2) is 18.2 Å². The monoisotopic (exact) mass is 322 g/mol. The van der Waals surface area contributed by atoms with Crippen molar-refractivity contribution >= 4 is 12.0 Å². The Morgan fingerprint density at radius 1 is 1.04 bits per heavy atom. The molecule has 0 atom stereocenters. The van der Waals surface area contributed by atoms with Gasteiger partial charge in [0.2, 0.25) is 0 Å². The minimum atomic E-state index is -0.930. The lowest BCUT2D eigenvalue weighted by Gasteiger charge is -2.29. The molecule has 1 saturated heterocycles. The number of carbonyl (C=O) groups excluding carboxylic acids is 1. The van der Waals surface area contributed by atoms with E-state index in [1.54, 1.807) is 4.90 Å². The maximum atomic E-state index is 14.4. The van der Waals surface area contributed by atoms with Crippen LogP contribution >= 0.6 is 0 Å². The van der Waals surface area contributed by atoms with Crippen molar-refractivity contribution in [2.24, 2.45) is 0 Å². The molecule has 1 fully saturated rings. The zero-order valence-corrected chi connectivity index (χ0v) is 12.1. The van der Waals surface area contributed by atoms with Gasteiger partial charge in [-0.15, -0.1) is 0 Å². The number of hydrogen-bond donors (Lipinski definition) is 0. The molecule has 3 rings (SSSR count). The highest BCUT2D eigenvalue weighted by atomic mass is 19.1. The van der Waals surface area contributed by atoms with Crippen LogP contribution in [0.15, 0.2) is 24.3 Å². The number of hydrogen-bond acceptors (Lipinski definition) is 4. The van der Waals surface area contributed by atoms with Gasteiger partial charge in [0, 0.05) is 18.8 Å². The first-order valence-electron chi connectivity index (χ1n) is 7.04. The number of nitrogens with zero attached hydrogens (tertiary/aromatic N) is 2. The second-order valence-electron chi connectivity index (χ2n) is 5.07. The number of aldehydes is 1. The molecule has 1 aromatic heterocycles. The summed E-state index contributed by atoms with van der Waals surface area (Å²) < 4.78 is 47.8. The first-order chi connectivity index (χ1) is 11.1. The molecular formula is C16H13F3N2O2. The van der Waals surface area contributed by atoms with E-state index in [0.29, 0.717) is 38.3 Å². The molecule has 0 amide bonds. The average Bonchev–Trinajstić information content (AvgIpc) is 2.56. The molecule has 0 radical (unpaired) electrons. The maximum absolute atomic E-state index is 14.4. The Hall–Kier alpha value is -2.41. The van der Waals surface area contributed by atoms with E-state index < -0.39 is 28.7 Å². The summed E-state index contributed by atoms with van der Waals surface area (Å²) in [4.78, 5) is 16.2. The fourth-order valence-corrected chi connectivity index (χ4v) is 2.49. The van der Waals surface area contributed by atoms with Crippen molar-refractivity contribution in [3.05, 3.63) is 47.4 Å². The van der Waals surface area contributed by atoms with Crippen molar-refractivity contribution in [1.29, 1.82) is 0 Å². The summed E-state index contributed by atoms with van der Waals surface area (Å²) in [7, 11) is 0. The lowest BCUT2D eigenvalue weighted by Crippen LogP contribution is -2.36. The van der Waals surface area contributed by atoms with Gasteiger partial charge in [0.1, 0.15) is 28.8 Å². The summed E-state index contributed by atoms with van der Waals surface area (Å²) >= 11 is 0. The van der Waals surface area contributed by atoms with Crippen molar-refractivity contribution in [1.82, 2.24) is 4.98 Å². The molecule has 0 bridgehead atoms. The number of morpholine rings is 1. The molecule has 0 aliphatic carbocycles. The predicted octanol–water partition coefficient (Wildman–Crippen LogP) is 2.82. The summed E-state index contributed by atoms with van der Waals surface area (Å²) in [5.41, 5.74) is -0.835. The Kier molecular flexibility index (Phi) is 4.29. The molecule has 1 aliphatic rings. The molecule has 1 aliphatic heterocycles. The molecule has 0 unspecified atom stereocenters. The highest BCUT2D eigenvalue weighted by molar-refractivity contribution is 5.74. The first kappa shape index (κ1) is 15.5. The topological polar surface area (TPSA) is 42.4 Å². The molecule has 0 spiro atoms. The Morgan fingerprint density at radius 3 is 2.30 bits per heavy atom. The van der Waals surface area contributed by atoms with Crippen molar-refractivity contribution in [3.63, 3.8) is 0 Å². The van der Waals surface area contributed by atoms with Gasteiger partial charge in [0.25, 0.3) is 0 Å². The van der Waals surface area contributed by atoms with Crippen LogP contribution in [0.2, 0.25) is 0 Å². The zero-order chi connectivity index (χ0) is 16.4. The van der Waals surface area contributed by atoms with Gasteiger partial charge in [0.15, 0.2) is 6.29 Å². The molecular weight excluding hydrogens is 309 g/mol. The molecule has 0 N–H and O–H groups in total. The molecule has 4 nitrogen and oxygen atoms in total. The van der Waals surface area contributed by atoms with Crippen LogP contribution in [0.3, 0.4) is 0 Å². The Labute approximate surface area is 130 Å². The van der Waals surface area contributed by atoms with E-state index in [2.05, 4.69) is 4.98 Å². The smallest absolute Gasteiger partial charge is 0.168 e. The summed E-state index contributed by atoms with van der Waals surface area (Å²) in [5, 5.41) is 0. The van der Waals surface area contributed by atoms with E-state index >= 15 is 0 Å². The number of carbonyl (C=O) groups is 1. The quantitative estimate of drug-likeness (QED) is 0.815. The Morgan fingerprint density at radius 2 is 1.70 bits per heavy atom. The van der Waals surface area contributed by atoms with Crippen LogP contribution in [0.5, 0.6) is 0 Å². The summed E-state index contributed by atoms with van der Waals surface area (Å²) in [6, 6.07) is 4.38. The number of benzene rings is 1. The fraction of sp³-hybridized carbons (Fsp3) is 0.250. The standard InChI is InChI=1S/C16H13F3N2O2/c17-12-2-1-10(9-22)20-16(12)15-13(18)7-11(8-14(15)19)21-3-5-23-6-4-21/h1-2,7-9H,3-6H2. The van der Waals surface area contributed by atoms with E-state index in [4.69, 9.17) is 4.74 Å². The van der Waals surface area contributed by atoms with Crippen molar-refractivity contribution in [2.75, 3.05) is 31.2 Å². The SMILES string of the molecule is O=Cc1ccc(F)c(-c2c(F)cc(N3CCOCC3)cc2F)n1. The molecule has 23 heavy (non-hydrogen) atoms. The number of anilines is 1. The lowest BCUT2D eigenvalue weighted by molar-refractivity contribution is 0.111. The largest absolute Gasteiger partial charge is 0.378 e. The molecule has 7 heteroatoms. The van der Waals surface area contributed by atoms with E-state index in [1.165, 1.54) is 0 Å². The van der Waals surface area contributed by atoms with Crippen LogP contribution in [0.4, 0.5) is 18.9 Å². The second kappa shape index (κ2) is 6.37. The highest BCUT2D eigenvalue weighted by Crippen LogP contribution is 2.31. The van der Waals surface area contributed by atoms with Crippen molar-refractivity contribution in [3.8, 4) is 11.3 Å². The van der Waals surface area contributed by atoms with Crippen LogP contribution < -0.4 is 4.90 Å². The summed E-state index contributed by atoms with van der Waals surface area (Å²) in [6.07, 6.45) is 0.390. The van der Waals surface area contributed by atoms with Gasteiger partial charge in [-0.2, -0.15) is 0 Å². The fourth-order valence-electron chi connectivity index (χ4n) is 2.49. The normalized spacial score (nSPS) is 14.8. The molecule has 2 heterocycles. The highest BCUT2D eigenvalue weighted by Gasteiger charge is 2.21. The minimum absolute atomic E-state index is 0.0996. The summed E-state index contributed by atoms with van der Waals surface area (Å²) in [6.45, 7) is 1.99. The van der Waals surface area contributed by atoms with Gasteiger partial charge in [-0.1, -0.05) is 0 Å². The third-order valence-corrected chi connectivity index (χ3v) is 3.63. The van der Waals surface area contributed by atoms with E-state index in [9.17, 15) is 18.0 Å². The predicted molar refractivity (Wildman–Crippen MR) is 78.0 cm³/mol. The van der Waals surface area contributed by atoms with Crippen molar-refractivity contribution < 1.29 is 22.7 Å². The van der Waals surface area contributed by atoms with Gasteiger partial charge < -0.3 is 9.64 Å². The number of aromatic nitrogens is 1.